The number of hydrogen-bond donors (Lipinski definition) is 1. The minimum Gasteiger partial charge on any atom is -0.309 e. The average Bonchev–Trinajstić information content (AvgIpc) is 2.74. The fourth-order valence-electron chi connectivity index (χ4n) is 2.00. The molecule has 124 valence electrons. The molecule has 1 atom stereocenters. The Balaban J connectivity index is 2.26. The average molecular weight is 391 g/mol. The third-order valence-corrected chi connectivity index (χ3v) is 4.21. The molecule has 0 aliphatic rings. The van der Waals surface area contributed by atoms with E-state index in [-0.39, 0.29) is 10.2 Å². The standard InChI is InChI=1S/C14H14BrF3N4O/c1-7-4-5-19-10(6-7)20-13(23)9(3)22-8(2)11(15)12(21-22)14(16,17)18/h4-6,9H,1-3H3,(H,19,20,23)/t9-/m0/s1. The monoisotopic (exact) mass is 390 g/mol. The summed E-state index contributed by atoms with van der Waals surface area (Å²) in [5.41, 5.74) is 0.0702. The lowest BCUT2D eigenvalue weighted by Gasteiger charge is -2.14. The lowest BCUT2D eigenvalue weighted by molar-refractivity contribution is -0.142. The molecule has 0 fully saturated rings. The molecule has 1 N–H and O–H groups in total. The Kier molecular flexibility index (Phi) is 4.79. The first-order chi connectivity index (χ1) is 10.6. The van der Waals surface area contributed by atoms with E-state index in [1.807, 2.05) is 6.92 Å². The summed E-state index contributed by atoms with van der Waals surface area (Å²) in [6, 6.07) is 2.51. The fraction of sp³-hybridized carbons (Fsp3) is 0.357. The number of nitrogens with zero attached hydrogens (tertiary/aromatic N) is 3. The molecule has 2 rings (SSSR count). The normalized spacial score (nSPS) is 13.0. The Morgan fingerprint density at radius 3 is 2.57 bits per heavy atom. The van der Waals surface area contributed by atoms with Crippen molar-refractivity contribution in [3.05, 3.63) is 39.8 Å². The second-order valence-corrected chi connectivity index (χ2v) is 5.87. The number of halogens is 4. The quantitative estimate of drug-likeness (QED) is 0.864. The molecule has 0 bridgehead atoms. The Morgan fingerprint density at radius 1 is 1.39 bits per heavy atom. The number of anilines is 1. The van der Waals surface area contributed by atoms with Crippen LogP contribution in [0.3, 0.4) is 0 Å². The molecule has 0 unspecified atom stereocenters. The van der Waals surface area contributed by atoms with Gasteiger partial charge in [0.2, 0.25) is 5.91 Å². The van der Waals surface area contributed by atoms with Crippen LogP contribution in [0.25, 0.3) is 0 Å². The Morgan fingerprint density at radius 2 is 2.04 bits per heavy atom. The molecule has 0 radical (unpaired) electrons. The van der Waals surface area contributed by atoms with Gasteiger partial charge in [-0.2, -0.15) is 18.3 Å². The number of carbonyl (C=O) groups excluding carboxylic acids is 1. The molecule has 2 aromatic rings. The molecular weight excluding hydrogens is 377 g/mol. The first-order valence-corrected chi connectivity index (χ1v) is 7.46. The van der Waals surface area contributed by atoms with Gasteiger partial charge in [0, 0.05) is 6.20 Å². The van der Waals surface area contributed by atoms with E-state index in [1.54, 1.807) is 12.1 Å². The molecule has 2 aromatic heterocycles. The van der Waals surface area contributed by atoms with Crippen LogP contribution in [0.2, 0.25) is 0 Å². The lowest BCUT2D eigenvalue weighted by atomic mass is 10.2. The molecule has 0 spiro atoms. The van der Waals surface area contributed by atoms with Crippen molar-refractivity contribution in [2.45, 2.75) is 33.0 Å². The number of hydrogen-bond acceptors (Lipinski definition) is 3. The summed E-state index contributed by atoms with van der Waals surface area (Å²) in [5, 5.41) is 6.09. The van der Waals surface area contributed by atoms with Crippen LogP contribution in [0.4, 0.5) is 19.0 Å². The summed E-state index contributed by atoms with van der Waals surface area (Å²) in [4.78, 5) is 16.2. The third-order valence-electron chi connectivity index (χ3n) is 3.26. The van der Waals surface area contributed by atoms with Crippen molar-refractivity contribution in [2.24, 2.45) is 0 Å². The van der Waals surface area contributed by atoms with Gasteiger partial charge >= 0.3 is 6.18 Å². The van der Waals surface area contributed by atoms with Gasteiger partial charge in [-0.3, -0.25) is 9.48 Å². The van der Waals surface area contributed by atoms with Crippen molar-refractivity contribution in [1.82, 2.24) is 14.8 Å². The van der Waals surface area contributed by atoms with Gasteiger partial charge in [-0.25, -0.2) is 4.98 Å². The van der Waals surface area contributed by atoms with Crippen LogP contribution in [-0.4, -0.2) is 20.7 Å². The summed E-state index contributed by atoms with van der Waals surface area (Å²) in [7, 11) is 0. The van der Waals surface area contributed by atoms with E-state index in [1.165, 1.54) is 20.0 Å². The second-order valence-electron chi connectivity index (χ2n) is 5.07. The number of alkyl halides is 3. The van der Waals surface area contributed by atoms with Crippen molar-refractivity contribution >= 4 is 27.7 Å². The lowest BCUT2D eigenvalue weighted by Crippen LogP contribution is -2.26. The highest BCUT2D eigenvalue weighted by atomic mass is 79.9. The van der Waals surface area contributed by atoms with E-state index in [0.29, 0.717) is 5.82 Å². The predicted molar refractivity (Wildman–Crippen MR) is 82.0 cm³/mol. The van der Waals surface area contributed by atoms with E-state index < -0.39 is 23.8 Å². The fourth-order valence-corrected chi connectivity index (χ4v) is 2.49. The van der Waals surface area contributed by atoms with E-state index in [4.69, 9.17) is 0 Å². The molecule has 0 aliphatic heterocycles. The number of rotatable bonds is 3. The highest BCUT2D eigenvalue weighted by Crippen LogP contribution is 2.36. The maximum absolute atomic E-state index is 12.9. The molecule has 9 heteroatoms. The van der Waals surface area contributed by atoms with Gasteiger partial charge in [0.15, 0.2) is 5.69 Å². The number of carbonyl (C=O) groups is 1. The van der Waals surface area contributed by atoms with Crippen LogP contribution in [0, 0.1) is 13.8 Å². The summed E-state index contributed by atoms with van der Waals surface area (Å²) >= 11 is 2.88. The maximum atomic E-state index is 12.9. The molecule has 5 nitrogen and oxygen atoms in total. The highest BCUT2D eigenvalue weighted by Gasteiger charge is 2.38. The van der Waals surface area contributed by atoms with Crippen LogP contribution in [0.15, 0.2) is 22.8 Å². The van der Waals surface area contributed by atoms with Gasteiger partial charge in [0.25, 0.3) is 0 Å². The van der Waals surface area contributed by atoms with Crippen LogP contribution in [-0.2, 0) is 11.0 Å². The van der Waals surface area contributed by atoms with Gasteiger partial charge in [-0.05, 0) is 54.4 Å². The second kappa shape index (κ2) is 6.31. The zero-order valence-corrected chi connectivity index (χ0v) is 14.2. The molecule has 2 heterocycles. The number of aryl methyl sites for hydroxylation is 1. The first kappa shape index (κ1) is 17.5. The number of nitrogens with one attached hydrogen (secondary N) is 1. The molecule has 0 saturated heterocycles. The minimum atomic E-state index is -4.59. The van der Waals surface area contributed by atoms with E-state index >= 15 is 0 Å². The highest BCUT2D eigenvalue weighted by molar-refractivity contribution is 9.10. The van der Waals surface area contributed by atoms with Crippen molar-refractivity contribution in [1.29, 1.82) is 0 Å². The van der Waals surface area contributed by atoms with Gasteiger partial charge in [0.05, 0.1) is 10.2 Å². The summed E-state index contributed by atoms with van der Waals surface area (Å²) in [5.74, 6) is -0.170. The van der Waals surface area contributed by atoms with E-state index in [0.717, 1.165) is 10.2 Å². The van der Waals surface area contributed by atoms with Crippen molar-refractivity contribution in [3.8, 4) is 0 Å². The van der Waals surface area contributed by atoms with E-state index in [2.05, 4.69) is 31.3 Å². The largest absolute Gasteiger partial charge is 0.436 e. The number of amides is 1. The molecule has 23 heavy (non-hydrogen) atoms. The molecule has 0 aliphatic carbocycles. The van der Waals surface area contributed by atoms with Gasteiger partial charge in [0.1, 0.15) is 11.9 Å². The van der Waals surface area contributed by atoms with Gasteiger partial charge in [-0.15, -0.1) is 0 Å². The maximum Gasteiger partial charge on any atom is 0.436 e. The predicted octanol–water partition coefficient (Wildman–Crippen LogP) is 3.88. The van der Waals surface area contributed by atoms with E-state index in [9.17, 15) is 18.0 Å². The number of aromatic nitrogens is 3. The molecule has 0 saturated carbocycles. The summed E-state index contributed by atoms with van der Waals surface area (Å²) in [6.07, 6.45) is -3.06. The minimum absolute atomic E-state index is 0.168. The Hall–Kier alpha value is -1.90. The van der Waals surface area contributed by atoms with Crippen LogP contribution in [0.5, 0.6) is 0 Å². The van der Waals surface area contributed by atoms with Gasteiger partial charge < -0.3 is 5.32 Å². The zero-order chi connectivity index (χ0) is 17.4. The SMILES string of the molecule is Cc1ccnc(NC(=O)[C@H](C)n2nc(C(F)(F)F)c(Br)c2C)c1. The van der Waals surface area contributed by atoms with Crippen molar-refractivity contribution < 1.29 is 18.0 Å². The van der Waals surface area contributed by atoms with Crippen LogP contribution in [0.1, 0.15) is 29.9 Å². The molecular formula is C14H14BrF3N4O. The van der Waals surface area contributed by atoms with Crippen molar-refractivity contribution in [2.75, 3.05) is 5.32 Å². The topological polar surface area (TPSA) is 59.8 Å². The molecule has 0 aromatic carbocycles. The Labute approximate surface area is 139 Å². The smallest absolute Gasteiger partial charge is 0.309 e. The molecule has 1 amide bonds. The summed E-state index contributed by atoms with van der Waals surface area (Å²) < 4.78 is 39.5. The van der Waals surface area contributed by atoms with Crippen molar-refractivity contribution in [3.63, 3.8) is 0 Å². The number of pyridine rings is 1. The Bertz CT molecular complexity index is 742. The first-order valence-electron chi connectivity index (χ1n) is 6.66. The van der Waals surface area contributed by atoms with Gasteiger partial charge in [-0.1, -0.05) is 0 Å². The summed E-state index contributed by atoms with van der Waals surface area (Å²) in [6.45, 7) is 4.77. The van der Waals surface area contributed by atoms with Crippen LogP contribution >= 0.6 is 15.9 Å². The third kappa shape index (κ3) is 3.72. The van der Waals surface area contributed by atoms with Crippen LogP contribution < -0.4 is 5.32 Å². The zero-order valence-electron chi connectivity index (χ0n) is 12.6.